The molecule has 244 valence electrons. The van der Waals surface area contributed by atoms with Gasteiger partial charge in [0.2, 0.25) is 0 Å². The molecular weight excluding hydrogens is 615 g/mol. The Hall–Kier alpha value is -2.78. The van der Waals surface area contributed by atoms with Crippen molar-refractivity contribution in [1.29, 1.82) is 0 Å². The summed E-state index contributed by atoms with van der Waals surface area (Å²) >= 11 is 1.76. The minimum Gasteiger partial charge on any atom is -0.475 e. The summed E-state index contributed by atoms with van der Waals surface area (Å²) in [5.74, 6) is -2.14. The zero-order valence-corrected chi connectivity index (χ0v) is 27.2. The van der Waals surface area contributed by atoms with Gasteiger partial charge < -0.3 is 25.6 Å². The number of primary amides is 1. The van der Waals surface area contributed by atoms with Crippen LogP contribution in [0, 0.1) is 0 Å². The number of aromatic amines is 1. The second-order valence-corrected chi connectivity index (χ2v) is 13.5. The molecule has 1 aliphatic rings. The molecule has 0 saturated carbocycles. The molecule has 44 heavy (non-hydrogen) atoms. The van der Waals surface area contributed by atoms with Crippen LogP contribution in [0.5, 0.6) is 0 Å². The Morgan fingerprint density at radius 3 is 2.30 bits per heavy atom. The number of aliphatic carboxylic acids is 1. The van der Waals surface area contributed by atoms with Crippen LogP contribution in [0.3, 0.4) is 0 Å². The maximum Gasteiger partial charge on any atom is 0.490 e. The number of carboxylic acids is 1. The van der Waals surface area contributed by atoms with E-state index in [1.54, 1.807) is 11.3 Å². The fourth-order valence-electron chi connectivity index (χ4n) is 5.32. The molecule has 14 heteroatoms. The standard InChI is InChI=1S/C28H41N5O2S2.C2HF3O2/c1-5-32(6-2)13-12-31(4)18-23-14-22(19-36-23)21-15-24-26(17-30-27(24)25(16-21)28(29)34)20-8-10-33(11-9-20)37(35)7-3;3-2(4,5)1(6)7/h14-17,19-20,30H,5-13,18H2,1-4H3,(H2,29,34);(H,6,7). The summed E-state index contributed by atoms with van der Waals surface area (Å²) in [5.41, 5.74) is 10.6. The number of carboxylic acid groups (broad SMARTS) is 1. The molecule has 1 amide bonds. The fourth-order valence-corrected chi connectivity index (χ4v) is 7.27. The number of benzene rings is 1. The summed E-state index contributed by atoms with van der Waals surface area (Å²) in [6, 6.07) is 6.38. The third kappa shape index (κ3) is 9.36. The second kappa shape index (κ2) is 16.0. The number of nitrogens with one attached hydrogen (secondary N) is 1. The highest BCUT2D eigenvalue weighted by Gasteiger charge is 2.38. The third-order valence-corrected chi connectivity index (χ3v) is 10.2. The number of hydrogen-bond donors (Lipinski definition) is 3. The highest BCUT2D eigenvalue weighted by atomic mass is 32.2. The van der Waals surface area contributed by atoms with E-state index in [9.17, 15) is 22.2 Å². The van der Waals surface area contributed by atoms with Crippen LogP contribution in [0.2, 0.25) is 0 Å². The van der Waals surface area contributed by atoms with Crippen LogP contribution in [0.15, 0.2) is 29.8 Å². The molecule has 1 fully saturated rings. The number of halogens is 3. The van der Waals surface area contributed by atoms with Crippen molar-refractivity contribution in [2.24, 2.45) is 5.73 Å². The summed E-state index contributed by atoms with van der Waals surface area (Å²) in [4.78, 5) is 30.8. The Labute approximate surface area is 262 Å². The number of nitrogens with two attached hydrogens (primary N) is 1. The third-order valence-electron chi connectivity index (χ3n) is 7.86. The van der Waals surface area contributed by atoms with Gasteiger partial charge >= 0.3 is 12.1 Å². The van der Waals surface area contributed by atoms with Gasteiger partial charge in [-0.05, 0) is 79.2 Å². The Morgan fingerprint density at radius 1 is 1.11 bits per heavy atom. The predicted octanol–water partition coefficient (Wildman–Crippen LogP) is 5.27. The lowest BCUT2D eigenvalue weighted by Gasteiger charge is -2.30. The highest BCUT2D eigenvalue weighted by molar-refractivity contribution is 7.82. The molecule has 1 aromatic carbocycles. The number of hydrogen-bond acceptors (Lipinski definition) is 6. The molecule has 2 aromatic heterocycles. The Bertz CT molecular complexity index is 1430. The molecule has 3 aromatic rings. The maximum atomic E-state index is 12.4. The number of nitrogens with zero attached hydrogens (tertiary/aromatic N) is 3. The van der Waals surface area contributed by atoms with E-state index in [0.717, 1.165) is 80.7 Å². The average Bonchev–Trinajstić information content (AvgIpc) is 3.64. The smallest absolute Gasteiger partial charge is 0.475 e. The summed E-state index contributed by atoms with van der Waals surface area (Å²) in [6.07, 6.45) is -1.13. The van der Waals surface area contributed by atoms with E-state index in [0.29, 0.717) is 17.2 Å². The number of likely N-dealkylation sites (N-methyl/N-ethyl adjacent to an activating group) is 2. The lowest BCUT2D eigenvalue weighted by atomic mass is 9.88. The fraction of sp³-hybridized carbons (Fsp3) is 0.533. The average molecular weight is 658 g/mol. The number of rotatable bonds is 12. The molecule has 0 bridgehead atoms. The number of aromatic nitrogens is 1. The molecule has 0 spiro atoms. The quantitative estimate of drug-likeness (QED) is 0.244. The van der Waals surface area contributed by atoms with Gasteiger partial charge in [-0.15, -0.1) is 11.3 Å². The van der Waals surface area contributed by atoms with Crippen molar-refractivity contribution in [3.05, 3.63) is 45.8 Å². The molecule has 1 saturated heterocycles. The van der Waals surface area contributed by atoms with Gasteiger partial charge in [0.05, 0.1) is 22.1 Å². The van der Waals surface area contributed by atoms with Crippen molar-refractivity contribution < 1.29 is 32.1 Å². The molecule has 0 aliphatic carbocycles. The normalized spacial score (nSPS) is 15.5. The van der Waals surface area contributed by atoms with Crippen LogP contribution in [-0.2, 0) is 22.3 Å². The molecule has 0 radical (unpaired) electrons. The van der Waals surface area contributed by atoms with Crippen molar-refractivity contribution in [3.8, 4) is 11.1 Å². The topological polar surface area (TPSA) is 123 Å². The SMILES string of the molecule is CCN(CC)CCN(C)Cc1cc(-c2cc(C(N)=O)c3[nH]cc(C4CCN(S(=O)CC)CC4)c3c2)cs1.O=C(O)C(F)(F)F. The van der Waals surface area contributed by atoms with Crippen LogP contribution in [0.25, 0.3) is 22.0 Å². The summed E-state index contributed by atoms with van der Waals surface area (Å²) < 4.78 is 46.0. The predicted molar refractivity (Wildman–Crippen MR) is 170 cm³/mol. The molecule has 1 aliphatic heterocycles. The maximum absolute atomic E-state index is 12.4. The zero-order chi connectivity index (χ0) is 32.6. The van der Waals surface area contributed by atoms with E-state index >= 15 is 0 Å². The second-order valence-electron chi connectivity index (χ2n) is 10.7. The Morgan fingerprint density at radius 2 is 1.75 bits per heavy atom. The van der Waals surface area contributed by atoms with Crippen molar-refractivity contribution in [3.63, 3.8) is 0 Å². The van der Waals surface area contributed by atoms with Gasteiger partial charge in [-0.1, -0.05) is 20.8 Å². The number of carbonyl (C=O) groups excluding carboxylic acids is 1. The number of fused-ring (bicyclic) bond motifs is 1. The van der Waals surface area contributed by atoms with Crippen molar-refractivity contribution in [2.75, 3.05) is 52.1 Å². The minimum absolute atomic E-state index is 0.368. The molecule has 3 heterocycles. The van der Waals surface area contributed by atoms with Gasteiger partial charge in [0, 0.05) is 54.9 Å². The molecular formula is C30H42F3N5O4S2. The van der Waals surface area contributed by atoms with E-state index in [1.165, 1.54) is 10.4 Å². The number of alkyl halides is 3. The summed E-state index contributed by atoms with van der Waals surface area (Å²) in [6.45, 7) is 13.2. The van der Waals surface area contributed by atoms with E-state index in [4.69, 9.17) is 15.6 Å². The van der Waals surface area contributed by atoms with Crippen LogP contribution in [0.1, 0.15) is 60.3 Å². The van der Waals surface area contributed by atoms with E-state index in [2.05, 4.69) is 57.5 Å². The van der Waals surface area contributed by atoms with Crippen molar-refractivity contribution in [1.82, 2.24) is 19.1 Å². The van der Waals surface area contributed by atoms with Gasteiger partial charge in [0.1, 0.15) is 0 Å². The number of piperidine rings is 1. The largest absolute Gasteiger partial charge is 0.490 e. The van der Waals surface area contributed by atoms with E-state index in [-0.39, 0.29) is 0 Å². The first-order chi connectivity index (χ1) is 20.8. The number of carbonyl (C=O) groups is 2. The molecule has 1 unspecified atom stereocenters. The lowest BCUT2D eigenvalue weighted by Crippen LogP contribution is -2.35. The Kier molecular flexibility index (Phi) is 13.0. The lowest BCUT2D eigenvalue weighted by molar-refractivity contribution is -0.192. The first-order valence-electron chi connectivity index (χ1n) is 14.7. The van der Waals surface area contributed by atoms with Gasteiger partial charge in [0.15, 0.2) is 0 Å². The van der Waals surface area contributed by atoms with Gasteiger partial charge in [-0.2, -0.15) is 13.2 Å². The monoisotopic (exact) mass is 657 g/mol. The van der Waals surface area contributed by atoms with Crippen LogP contribution < -0.4 is 5.73 Å². The summed E-state index contributed by atoms with van der Waals surface area (Å²) in [7, 11) is 1.29. The van der Waals surface area contributed by atoms with Crippen LogP contribution in [0.4, 0.5) is 13.2 Å². The van der Waals surface area contributed by atoms with E-state index in [1.807, 2.05) is 19.2 Å². The van der Waals surface area contributed by atoms with Crippen LogP contribution >= 0.6 is 11.3 Å². The van der Waals surface area contributed by atoms with Gasteiger partial charge in [-0.25, -0.2) is 13.3 Å². The molecule has 9 nitrogen and oxygen atoms in total. The molecule has 4 rings (SSSR count). The van der Waals surface area contributed by atoms with Crippen molar-refractivity contribution in [2.45, 2.75) is 52.3 Å². The number of H-pyrrole nitrogens is 1. The first-order valence-corrected chi connectivity index (χ1v) is 16.8. The first kappa shape index (κ1) is 35.7. The highest BCUT2D eigenvalue weighted by Crippen LogP contribution is 2.38. The molecule has 4 N–H and O–H groups in total. The van der Waals surface area contributed by atoms with Gasteiger partial charge in [0.25, 0.3) is 5.91 Å². The van der Waals surface area contributed by atoms with Crippen molar-refractivity contribution >= 4 is 45.1 Å². The number of thiophene rings is 1. The number of amides is 1. The van der Waals surface area contributed by atoms with E-state index < -0.39 is 29.0 Å². The van der Waals surface area contributed by atoms with Crippen LogP contribution in [-0.4, -0.2) is 98.5 Å². The molecule has 1 atom stereocenters. The summed E-state index contributed by atoms with van der Waals surface area (Å²) in [5, 5.41) is 10.4. The minimum atomic E-state index is -5.08. The zero-order valence-electron chi connectivity index (χ0n) is 25.6. The Balaban J connectivity index is 0.000000676. The van der Waals surface area contributed by atoms with Gasteiger partial charge in [-0.3, -0.25) is 4.79 Å².